The number of aromatic nitrogens is 2. The fourth-order valence-electron chi connectivity index (χ4n) is 3.90. The first-order valence-electron chi connectivity index (χ1n) is 10.3. The van der Waals surface area contributed by atoms with Crippen molar-refractivity contribution < 1.29 is 29.2 Å². The van der Waals surface area contributed by atoms with E-state index in [1.165, 1.54) is 0 Å². The summed E-state index contributed by atoms with van der Waals surface area (Å²) in [7, 11) is 0. The van der Waals surface area contributed by atoms with Gasteiger partial charge in [-0.1, -0.05) is 6.92 Å². The van der Waals surface area contributed by atoms with Crippen molar-refractivity contribution in [3.05, 3.63) is 18.0 Å². The third-order valence-electron chi connectivity index (χ3n) is 5.39. The molecule has 29 heavy (non-hydrogen) atoms. The van der Waals surface area contributed by atoms with Crippen molar-refractivity contribution in [2.45, 2.75) is 51.5 Å². The maximum Gasteiger partial charge on any atom is 0.133 e. The van der Waals surface area contributed by atoms with Crippen molar-refractivity contribution in [3.63, 3.8) is 0 Å². The van der Waals surface area contributed by atoms with Gasteiger partial charge in [-0.25, -0.2) is 0 Å². The zero-order valence-electron chi connectivity index (χ0n) is 17.4. The summed E-state index contributed by atoms with van der Waals surface area (Å²) < 4.78 is 18.6. The van der Waals surface area contributed by atoms with Crippen molar-refractivity contribution in [1.82, 2.24) is 9.78 Å². The molecule has 1 aliphatic heterocycles. The molecule has 1 aromatic rings. The number of carbonyl (C=O) groups is 1. The van der Waals surface area contributed by atoms with Crippen LogP contribution in [0, 0.1) is 11.8 Å². The van der Waals surface area contributed by atoms with Gasteiger partial charge >= 0.3 is 0 Å². The monoisotopic (exact) mass is 413 g/mol. The number of ether oxygens (including phenoxy) is 3. The Morgan fingerprint density at radius 3 is 2.72 bits per heavy atom. The molecular formula is C20H35N3O6. The molecule has 0 radical (unpaired) electrons. The number of aliphatic hydroxyl groups excluding tert-OH is 2. The number of carbonyl (C=O) groups excluding carboxylic acids is 1. The number of ketones is 1. The number of Topliss-reactive ketones (excluding diaryl/α,β-unsaturated/α-hetero) is 1. The highest BCUT2D eigenvalue weighted by Crippen LogP contribution is 2.42. The van der Waals surface area contributed by atoms with Crippen LogP contribution in [-0.2, 0) is 25.5 Å². The highest BCUT2D eigenvalue weighted by Gasteiger charge is 2.42. The zero-order chi connectivity index (χ0) is 21.2. The van der Waals surface area contributed by atoms with Gasteiger partial charge < -0.3 is 30.2 Å². The lowest BCUT2D eigenvalue weighted by atomic mass is 9.75. The predicted molar refractivity (Wildman–Crippen MR) is 106 cm³/mol. The summed E-state index contributed by atoms with van der Waals surface area (Å²) in [6, 6.07) is 0. The molecule has 1 aromatic heterocycles. The Kier molecular flexibility index (Phi) is 10.2. The normalized spacial score (nSPS) is 25.8. The molecule has 0 spiro atoms. The molecule has 2 heterocycles. The molecule has 1 fully saturated rings. The van der Waals surface area contributed by atoms with Crippen LogP contribution in [0.1, 0.15) is 38.4 Å². The van der Waals surface area contributed by atoms with Crippen LogP contribution in [0.2, 0.25) is 0 Å². The second-order valence-electron chi connectivity index (χ2n) is 7.42. The summed E-state index contributed by atoms with van der Waals surface area (Å²) in [4.78, 5) is 12.1. The first-order chi connectivity index (χ1) is 14.0. The van der Waals surface area contributed by atoms with Gasteiger partial charge in [0.2, 0.25) is 0 Å². The lowest BCUT2D eigenvalue weighted by Crippen LogP contribution is -2.45. The number of nitrogens with zero attached hydrogens (tertiary/aromatic N) is 2. The fraction of sp³-hybridized carbons (Fsp3) is 0.800. The average Bonchev–Trinajstić information content (AvgIpc) is 3.16. The van der Waals surface area contributed by atoms with Crippen LogP contribution in [-0.4, -0.2) is 77.6 Å². The predicted octanol–water partition coefficient (Wildman–Crippen LogP) is 0.290. The molecule has 0 amide bonds. The second-order valence-corrected chi connectivity index (χ2v) is 7.42. The third kappa shape index (κ3) is 6.84. The van der Waals surface area contributed by atoms with Crippen molar-refractivity contribution in [1.29, 1.82) is 0 Å². The van der Waals surface area contributed by atoms with Gasteiger partial charge in [0.15, 0.2) is 0 Å². The molecule has 9 heteroatoms. The van der Waals surface area contributed by atoms with Crippen LogP contribution in [0.3, 0.4) is 0 Å². The SMILES string of the molecule is CCC(C(C)=O)C1C[C@@H](O)[C@@H](CO)O[C@@H]1c1cnn(CCOCCOCCN)c1. The van der Waals surface area contributed by atoms with Crippen molar-refractivity contribution in [2.24, 2.45) is 17.6 Å². The van der Waals surface area contributed by atoms with Crippen LogP contribution in [0.5, 0.6) is 0 Å². The molecule has 0 saturated carbocycles. The van der Waals surface area contributed by atoms with Crippen molar-refractivity contribution in [3.8, 4) is 0 Å². The maximum atomic E-state index is 12.1. The third-order valence-corrected chi connectivity index (χ3v) is 5.39. The smallest absolute Gasteiger partial charge is 0.133 e. The van der Waals surface area contributed by atoms with E-state index in [0.717, 1.165) is 5.56 Å². The minimum absolute atomic E-state index is 0.0818. The van der Waals surface area contributed by atoms with Gasteiger partial charge in [-0.15, -0.1) is 0 Å². The minimum atomic E-state index is -0.792. The number of hydrogen-bond acceptors (Lipinski definition) is 8. The van der Waals surface area contributed by atoms with Crippen LogP contribution < -0.4 is 5.73 Å². The van der Waals surface area contributed by atoms with Gasteiger partial charge in [-0.05, 0) is 19.8 Å². The van der Waals surface area contributed by atoms with E-state index in [4.69, 9.17) is 19.9 Å². The number of aliphatic hydroxyl groups is 2. The average molecular weight is 414 g/mol. The van der Waals surface area contributed by atoms with E-state index in [1.807, 2.05) is 13.1 Å². The molecule has 9 nitrogen and oxygen atoms in total. The molecule has 2 unspecified atom stereocenters. The lowest BCUT2D eigenvalue weighted by Gasteiger charge is -2.41. The van der Waals surface area contributed by atoms with Crippen molar-refractivity contribution >= 4 is 5.78 Å². The molecular weight excluding hydrogens is 378 g/mol. The summed E-state index contributed by atoms with van der Waals surface area (Å²) in [6.07, 6.45) is 2.82. The lowest BCUT2D eigenvalue weighted by molar-refractivity contribution is -0.173. The second kappa shape index (κ2) is 12.4. The Balaban J connectivity index is 1.99. The van der Waals surface area contributed by atoms with E-state index in [9.17, 15) is 15.0 Å². The molecule has 1 aliphatic rings. The summed E-state index contributed by atoms with van der Waals surface area (Å²) in [5.41, 5.74) is 6.19. The molecule has 5 atom stereocenters. The van der Waals surface area contributed by atoms with E-state index in [-0.39, 0.29) is 24.2 Å². The first-order valence-corrected chi connectivity index (χ1v) is 10.3. The van der Waals surface area contributed by atoms with E-state index in [2.05, 4.69) is 5.10 Å². The van der Waals surface area contributed by atoms with Gasteiger partial charge in [0.25, 0.3) is 0 Å². The van der Waals surface area contributed by atoms with E-state index >= 15 is 0 Å². The Labute approximate surface area is 172 Å². The van der Waals surface area contributed by atoms with Gasteiger partial charge in [0.1, 0.15) is 11.9 Å². The van der Waals surface area contributed by atoms with Gasteiger partial charge in [0.05, 0.1) is 58.0 Å². The van der Waals surface area contributed by atoms with Crippen LogP contribution in [0.15, 0.2) is 12.4 Å². The number of rotatable bonds is 13. The first kappa shape index (κ1) is 23.9. The minimum Gasteiger partial charge on any atom is -0.394 e. The molecule has 4 N–H and O–H groups in total. The van der Waals surface area contributed by atoms with Crippen molar-refractivity contribution in [2.75, 3.05) is 39.6 Å². The topological polar surface area (TPSA) is 129 Å². The highest BCUT2D eigenvalue weighted by molar-refractivity contribution is 5.78. The largest absolute Gasteiger partial charge is 0.394 e. The number of hydrogen-bond donors (Lipinski definition) is 3. The number of nitrogens with two attached hydrogens (primary N) is 1. The van der Waals surface area contributed by atoms with E-state index < -0.39 is 18.3 Å². The van der Waals surface area contributed by atoms with Crippen LogP contribution >= 0.6 is 0 Å². The molecule has 1 saturated heterocycles. The molecule has 166 valence electrons. The van der Waals surface area contributed by atoms with Gasteiger partial charge in [-0.2, -0.15) is 5.10 Å². The van der Waals surface area contributed by atoms with Crippen LogP contribution in [0.25, 0.3) is 0 Å². The molecule has 0 aromatic carbocycles. The maximum absolute atomic E-state index is 12.1. The van der Waals surface area contributed by atoms with Crippen LogP contribution in [0.4, 0.5) is 0 Å². The Hall–Kier alpha value is -1.36. The molecule has 2 rings (SSSR count). The van der Waals surface area contributed by atoms with Gasteiger partial charge in [-0.3, -0.25) is 9.48 Å². The Bertz CT molecular complexity index is 611. The molecule has 0 bridgehead atoms. The summed E-state index contributed by atoms with van der Waals surface area (Å²) in [5, 5.41) is 24.2. The quantitative estimate of drug-likeness (QED) is 0.394. The van der Waals surface area contributed by atoms with E-state index in [1.54, 1.807) is 17.8 Å². The van der Waals surface area contributed by atoms with Gasteiger partial charge in [0, 0.05) is 30.1 Å². The summed E-state index contributed by atoms with van der Waals surface area (Å²) in [5.74, 6) is -0.295. The standard InChI is InChI=1S/C20H35N3O6/c1-3-16(14(2)25)17-10-18(26)19(13-24)29-20(17)15-11-22-23(12-15)5-7-28-9-8-27-6-4-21/h11-12,16-20,24,26H,3-10,13,21H2,1-2H3/t16?,17?,18-,19-,20-/m1/s1. The highest BCUT2D eigenvalue weighted by atomic mass is 16.5. The zero-order valence-corrected chi connectivity index (χ0v) is 17.4. The Morgan fingerprint density at radius 1 is 1.38 bits per heavy atom. The molecule has 0 aliphatic carbocycles. The fourth-order valence-corrected chi connectivity index (χ4v) is 3.90. The van der Waals surface area contributed by atoms with E-state index in [0.29, 0.717) is 52.4 Å². The Morgan fingerprint density at radius 2 is 2.10 bits per heavy atom. The summed E-state index contributed by atoms with van der Waals surface area (Å²) >= 11 is 0. The summed E-state index contributed by atoms with van der Waals surface area (Å²) in [6.45, 7) is 6.36.